The molecule has 0 spiro atoms. The van der Waals surface area contributed by atoms with Gasteiger partial charge in [-0.2, -0.15) is 0 Å². The van der Waals surface area contributed by atoms with Gasteiger partial charge in [0.1, 0.15) is 53.9 Å². The molecule has 208 valence electrons. The van der Waals surface area contributed by atoms with Gasteiger partial charge in [-0.25, -0.2) is 0 Å². The summed E-state index contributed by atoms with van der Waals surface area (Å²) >= 11 is 0. The van der Waals surface area contributed by atoms with E-state index >= 15 is 0 Å². The predicted molar refractivity (Wildman–Crippen MR) is 131 cm³/mol. The molecule has 2 saturated heterocycles. The highest BCUT2D eigenvalue weighted by Crippen LogP contribution is 2.32. The van der Waals surface area contributed by atoms with E-state index in [4.69, 9.17) is 18.9 Å². The Hall–Kier alpha value is -2.78. The molecule has 38 heavy (non-hydrogen) atoms. The molecule has 2 aromatic carbocycles. The van der Waals surface area contributed by atoms with Gasteiger partial charge in [0.2, 0.25) is 6.29 Å². The highest BCUT2D eigenvalue weighted by molar-refractivity contribution is 5.71. The van der Waals surface area contributed by atoms with Gasteiger partial charge in [-0.05, 0) is 42.3 Å². The Morgan fingerprint density at radius 1 is 0.737 bits per heavy atom. The fraction of sp³-hybridized carbons (Fsp3) is 0.462. The average molecular weight is 537 g/mol. The van der Waals surface area contributed by atoms with Crippen molar-refractivity contribution in [1.29, 1.82) is 0 Å². The van der Waals surface area contributed by atoms with Crippen LogP contribution in [0.1, 0.15) is 18.1 Å². The molecule has 0 unspecified atom stereocenters. The topological polar surface area (TPSA) is 199 Å². The number of benzene rings is 2. The van der Waals surface area contributed by atoms with Crippen LogP contribution in [0.2, 0.25) is 0 Å². The fourth-order valence-electron chi connectivity index (χ4n) is 4.26. The van der Waals surface area contributed by atoms with Crippen molar-refractivity contribution in [3.05, 3.63) is 53.6 Å². The Kier molecular flexibility index (Phi) is 8.88. The number of hydrogen-bond acceptors (Lipinski definition) is 12. The normalized spacial score (nSPS) is 35.9. The molecule has 2 aromatic rings. The number of ether oxygens (including phenoxy) is 4. The molecule has 4 rings (SSSR count). The Morgan fingerprint density at radius 2 is 1.42 bits per heavy atom. The van der Waals surface area contributed by atoms with E-state index < -0.39 is 68.0 Å². The predicted octanol–water partition coefficient (Wildman–Crippen LogP) is -0.701. The van der Waals surface area contributed by atoms with Crippen molar-refractivity contribution in [2.45, 2.75) is 68.3 Å². The molecule has 2 fully saturated rings. The monoisotopic (exact) mass is 536 g/mol. The van der Waals surface area contributed by atoms with Gasteiger partial charge in [-0.15, -0.1) is 0 Å². The van der Waals surface area contributed by atoms with Crippen molar-refractivity contribution >= 4 is 12.2 Å². The summed E-state index contributed by atoms with van der Waals surface area (Å²) in [7, 11) is 0. The zero-order valence-electron chi connectivity index (χ0n) is 20.4. The highest BCUT2D eigenvalue weighted by atomic mass is 16.8. The molecule has 0 saturated carbocycles. The van der Waals surface area contributed by atoms with E-state index in [0.29, 0.717) is 5.56 Å². The first kappa shape index (κ1) is 28.2. The molecule has 2 heterocycles. The quantitative estimate of drug-likeness (QED) is 0.207. The summed E-state index contributed by atoms with van der Waals surface area (Å²) in [5, 5.41) is 80.8. The van der Waals surface area contributed by atoms with Crippen molar-refractivity contribution in [3.63, 3.8) is 0 Å². The standard InChI is InChI=1S/C26H32O12/c1-12-19(30)21(32)23(34)25(35-12)38-24-22(33)20(31)18(11-27)37-26(24)36-17-9-14(8-16(29)10-17)3-2-13-4-6-15(28)7-5-13/h2-10,12,18-34H,11H2,1H3/b3-2-/t12-,18+,19-,20+,21+,22-,23+,24+,25-,26+/m0/s1. The minimum Gasteiger partial charge on any atom is -0.508 e. The number of phenolic OH excluding ortho intramolecular Hbond substituents is 2. The van der Waals surface area contributed by atoms with Crippen molar-refractivity contribution < 1.29 is 59.8 Å². The molecule has 10 atom stereocenters. The number of rotatable bonds is 7. The van der Waals surface area contributed by atoms with Gasteiger partial charge in [0.15, 0.2) is 12.4 Å². The number of hydrogen-bond donors (Lipinski definition) is 8. The molecule has 2 aliphatic heterocycles. The summed E-state index contributed by atoms with van der Waals surface area (Å²) in [5.74, 6) is 0.0554. The number of aliphatic hydroxyl groups is 6. The highest BCUT2D eigenvalue weighted by Gasteiger charge is 2.50. The van der Waals surface area contributed by atoms with Crippen LogP contribution in [-0.4, -0.2) is 109 Å². The molecule has 8 N–H and O–H groups in total. The molecule has 12 heteroatoms. The Labute approximate surface area is 218 Å². The van der Waals surface area contributed by atoms with Crippen LogP contribution < -0.4 is 4.74 Å². The van der Waals surface area contributed by atoms with E-state index in [-0.39, 0.29) is 17.2 Å². The van der Waals surface area contributed by atoms with Crippen LogP contribution in [0.25, 0.3) is 12.2 Å². The summed E-state index contributed by atoms with van der Waals surface area (Å²) in [4.78, 5) is 0. The summed E-state index contributed by atoms with van der Waals surface area (Å²) < 4.78 is 22.6. The molecule has 2 aliphatic rings. The lowest BCUT2D eigenvalue weighted by atomic mass is 9.97. The lowest BCUT2D eigenvalue weighted by Gasteiger charge is -2.45. The third-order valence-electron chi connectivity index (χ3n) is 6.45. The first-order valence-corrected chi connectivity index (χ1v) is 12.0. The molecule has 0 aliphatic carbocycles. The molecular formula is C26H32O12. The number of aromatic hydroxyl groups is 2. The molecular weight excluding hydrogens is 504 g/mol. The zero-order chi connectivity index (χ0) is 27.6. The van der Waals surface area contributed by atoms with Gasteiger partial charge in [0.25, 0.3) is 0 Å². The third-order valence-corrected chi connectivity index (χ3v) is 6.45. The molecule has 0 bridgehead atoms. The number of phenols is 2. The SMILES string of the molecule is C[C@@H]1O[C@@H](O[C@H]2[C@H](Oc3cc(O)cc(/C=C\c4ccc(O)cc4)c3)O[C@H](CO)[C@@H](O)[C@@H]2O)[C@H](O)[C@H](O)[C@H]1O. The van der Waals surface area contributed by atoms with Gasteiger partial charge in [-0.1, -0.05) is 24.3 Å². The van der Waals surface area contributed by atoms with Crippen LogP contribution >= 0.6 is 0 Å². The Morgan fingerprint density at radius 3 is 2.11 bits per heavy atom. The maximum absolute atomic E-state index is 10.8. The fourth-order valence-corrected chi connectivity index (χ4v) is 4.26. The van der Waals surface area contributed by atoms with E-state index in [9.17, 15) is 40.9 Å². The van der Waals surface area contributed by atoms with Crippen molar-refractivity contribution in [1.82, 2.24) is 0 Å². The smallest absolute Gasteiger partial charge is 0.229 e. The second-order valence-electron chi connectivity index (χ2n) is 9.29. The van der Waals surface area contributed by atoms with E-state index in [1.54, 1.807) is 30.4 Å². The maximum atomic E-state index is 10.8. The molecule has 12 nitrogen and oxygen atoms in total. The van der Waals surface area contributed by atoms with Crippen LogP contribution in [0, 0.1) is 0 Å². The average Bonchev–Trinajstić information content (AvgIpc) is 2.89. The lowest BCUT2D eigenvalue weighted by Crippen LogP contribution is -2.64. The minimum atomic E-state index is -1.70. The molecule has 0 radical (unpaired) electrons. The van der Waals surface area contributed by atoms with Crippen LogP contribution in [0.3, 0.4) is 0 Å². The second kappa shape index (κ2) is 11.9. The number of aliphatic hydroxyl groups excluding tert-OH is 6. The Bertz CT molecular complexity index is 1090. The zero-order valence-corrected chi connectivity index (χ0v) is 20.4. The van der Waals surface area contributed by atoms with E-state index in [2.05, 4.69) is 0 Å². The van der Waals surface area contributed by atoms with E-state index in [1.807, 2.05) is 0 Å². The van der Waals surface area contributed by atoms with Crippen molar-refractivity contribution in [2.75, 3.05) is 6.61 Å². The first-order valence-electron chi connectivity index (χ1n) is 12.0. The van der Waals surface area contributed by atoms with E-state index in [1.165, 1.54) is 31.2 Å². The minimum absolute atomic E-state index is 0.0863. The molecule has 0 amide bonds. The Balaban J connectivity index is 1.56. The van der Waals surface area contributed by atoms with Crippen LogP contribution in [0.15, 0.2) is 42.5 Å². The van der Waals surface area contributed by atoms with Gasteiger partial charge in [-0.3, -0.25) is 0 Å². The van der Waals surface area contributed by atoms with Gasteiger partial charge in [0.05, 0.1) is 12.7 Å². The van der Waals surface area contributed by atoms with Crippen molar-refractivity contribution in [2.24, 2.45) is 0 Å². The van der Waals surface area contributed by atoms with E-state index in [0.717, 1.165) is 5.56 Å². The molecule has 0 aromatic heterocycles. The van der Waals surface area contributed by atoms with Gasteiger partial charge >= 0.3 is 0 Å². The second-order valence-corrected chi connectivity index (χ2v) is 9.29. The van der Waals surface area contributed by atoms with Crippen molar-refractivity contribution in [3.8, 4) is 17.2 Å². The summed E-state index contributed by atoms with van der Waals surface area (Å²) in [5.41, 5.74) is 1.31. The van der Waals surface area contributed by atoms with Crippen LogP contribution in [0.4, 0.5) is 0 Å². The summed E-state index contributed by atoms with van der Waals surface area (Å²) in [6.07, 6.45) is -11.2. The van der Waals surface area contributed by atoms with Gasteiger partial charge < -0.3 is 59.8 Å². The summed E-state index contributed by atoms with van der Waals surface area (Å²) in [6, 6.07) is 10.8. The van der Waals surface area contributed by atoms with Gasteiger partial charge in [0, 0.05) is 6.07 Å². The van der Waals surface area contributed by atoms with Crippen LogP contribution in [-0.2, 0) is 14.2 Å². The lowest BCUT2D eigenvalue weighted by molar-refractivity contribution is -0.354. The van der Waals surface area contributed by atoms with Crippen LogP contribution in [0.5, 0.6) is 17.2 Å². The largest absolute Gasteiger partial charge is 0.508 e. The maximum Gasteiger partial charge on any atom is 0.229 e. The third kappa shape index (κ3) is 6.26. The summed E-state index contributed by atoms with van der Waals surface area (Å²) in [6.45, 7) is 0.796. The first-order chi connectivity index (χ1) is 18.1.